The molecule has 2 rings (SSSR count). The number of carbonyl (C=O) groups excluding carboxylic acids is 2. The first-order valence-electron chi connectivity index (χ1n) is 7.96. The van der Waals surface area contributed by atoms with Gasteiger partial charge in [-0.2, -0.15) is 0 Å². The highest BCUT2D eigenvalue weighted by Gasteiger charge is 2.11. The predicted molar refractivity (Wildman–Crippen MR) is 94.4 cm³/mol. The van der Waals surface area contributed by atoms with E-state index in [1.54, 1.807) is 0 Å². The standard InChI is InChI=1S/C17H22N2O4S/c1-4-22-12-6-7-13-14(9-12)24-17(18-13)19-15(20)10-23-16(21)8-5-11(2)3/h6-7,9,11H,4-5,8,10H2,1-3H3,(H,18,19,20). The second-order valence-corrected chi connectivity index (χ2v) is 6.75. The summed E-state index contributed by atoms with van der Waals surface area (Å²) < 4.78 is 11.3. The van der Waals surface area contributed by atoms with Crippen LogP contribution in [0, 0.1) is 5.92 Å². The number of esters is 1. The van der Waals surface area contributed by atoms with Gasteiger partial charge in [-0.1, -0.05) is 25.2 Å². The van der Waals surface area contributed by atoms with Gasteiger partial charge in [-0.25, -0.2) is 4.98 Å². The van der Waals surface area contributed by atoms with Crippen LogP contribution >= 0.6 is 11.3 Å². The third kappa shape index (κ3) is 5.49. The molecule has 0 saturated heterocycles. The van der Waals surface area contributed by atoms with Crippen molar-refractivity contribution in [3.8, 4) is 5.75 Å². The van der Waals surface area contributed by atoms with Crippen LogP contribution in [-0.2, 0) is 14.3 Å². The van der Waals surface area contributed by atoms with Crippen LogP contribution in [0.5, 0.6) is 5.75 Å². The van der Waals surface area contributed by atoms with E-state index in [0.29, 0.717) is 24.1 Å². The van der Waals surface area contributed by atoms with E-state index in [2.05, 4.69) is 10.3 Å². The molecule has 0 spiro atoms. The molecule has 24 heavy (non-hydrogen) atoms. The van der Waals surface area contributed by atoms with Crippen molar-refractivity contribution in [2.45, 2.75) is 33.6 Å². The van der Waals surface area contributed by atoms with Gasteiger partial charge in [0.1, 0.15) is 5.75 Å². The zero-order valence-corrected chi connectivity index (χ0v) is 14.9. The van der Waals surface area contributed by atoms with Crippen molar-refractivity contribution in [3.05, 3.63) is 18.2 Å². The summed E-state index contributed by atoms with van der Waals surface area (Å²) in [6.45, 7) is 6.28. The van der Waals surface area contributed by atoms with Gasteiger partial charge in [0, 0.05) is 6.42 Å². The van der Waals surface area contributed by atoms with Crippen molar-refractivity contribution in [2.24, 2.45) is 5.92 Å². The average Bonchev–Trinajstić information content (AvgIpc) is 2.92. The Hall–Kier alpha value is -2.15. The number of nitrogens with zero attached hydrogens (tertiary/aromatic N) is 1. The summed E-state index contributed by atoms with van der Waals surface area (Å²) in [5, 5.41) is 3.13. The molecule has 1 aromatic carbocycles. The maximum atomic E-state index is 11.9. The number of anilines is 1. The van der Waals surface area contributed by atoms with Crippen molar-refractivity contribution in [1.29, 1.82) is 0 Å². The summed E-state index contributed by atoms with van der Waals surface area (Å²) in [6.07, 6.45) is 1.08. The summed E-state index contributed by atoms with van der Waals surface area (Å²) in [4.78, 5) is 27.7. The van der Waals surface area contributed by atoms with Gasteiger partial charge in [-0.3, -0.25) is 14.9 Å². The van der Waals surface area contributed by atoms with Crippen molar-refractivity contribution in [3.63, 3.8) is 0 Å². The molecule has 0 aliphatic rings. The summed E-state index contributed by atoms with van der Waals surface area (Å²) >= 11 is 1.35. The van der Waals surface area contributed by atoms with Gasteiger partial charge in [0.2, 0.25) is 0 Å². The number of rotatable bonds is 8. The number of benzene rings is 1. The van der Waals surface area contributed by atoms with Gasteiger partial charge >= 0.3 is 5.97 Å². The van der Waals surface area contributed by atoms with Crippen LogP contribution in [0.15, 0.2) is 18.2 Å². The lowest BCUT2D eigenvalue weighted by Crippen LogP contribution is -2.20. The molecule has 6 nitrogen and oxygen atoms in total. The molecule has 0 saturated carbocycles. The fraction of sp³-hybridized carbons (Fsp3) is 0.471. The molecular weight excluding hydrogens is 328 g/mol. The van der Waals surface area contributed by atoms with Gasteiger partial charge < -0.3 is 9.47 Å². The minimum absolute atomic E-state index is 0.295. The lowest BCUT2D eigenvalue weighted by atomic mass is 10.1. The number of thiazole rings is 1. The minimum atomic E-state index is -0.392. The monoisotopic (exact) mass is 350 g/mol. The largest absolute Gasteiger partial charge is 0.494 e. The fourth-order valence-electron chi connectivity index (χ4n) is 1.99. The van der Waals surface area contributed by atoms with Gasteiger partial charge in [0.15, 0.2) is 11.7 Å². The minimum Gasteiger partial charge on any atom is -0.494 e. The highest BCUT2D eigenvalue weighted by Crippen LogP contribution is 2.29. The molecular formula is C17H22N2O4S. The van der Waals surface area contributed by atoms with E-state index >= 15 is 0 Å². The lowest BCUT2D eigenvalue weighted by molar-refractivity contribution is -0.147. The van der Waals surface area contributed by atoms with Crippen LogP contribution in [-0.4, -0.2) is 30.1 Å². The van der Waals surface area contributed by atoms with Crippen LogP contribution in [0.3, 0.4) is 0 Å². The maximum absolute atomic E-state index is 11.9. The summed E-state index contributed by atoms with van der Waals surface area (Å²) in [6, 6.07) is 5.57. The number of aromatic nitrogens is 1. The van der Waals surface area contributed by atoms with Crippen molar-refractivity contribution >= 4 is 38.6 Å². The molecule has 1 N–H and O–H groups in total. The molecule has 2 aromatic rings. The van der Waals surface area contributed by atoms with Crippen molar-refractivity contribution in [2.75, 3.05) is 18.5 Å². The van der Waals surface area contributed by atoms with E-state index in [0.717, 1.165) is 22.4 Å². The Morgan fingerprint density at radius 1 is 1.33 bits per heavy atom. The Morgan fingerprint density at radius 3 is 2.83 bits per heavy atom. The number of carbonyl (C=O) groups is 2. The van der Waals surface area contributed by atoms with Crippen LogP contribution < -0.4 is 10.1 Å². The molecule has 0 aliphatic carbocycles. The molecule has 7 heteroatoms. The highest BCUT2D eigenvalue weighted by atomic mass is 32.1. The second-order valence-electron chi connectivity index (χ2n) is 5.72. The molecule has 0 unspecified atom stereocenters. The molecule has 0 fully saturated rings. The van der Waals surface area contributed by atoms with E-state index < -0.39 is 5.91 Å². The summed E-state index contributed by atoms with van der Waals surface area (Å²) in [5.41, 5.74) is 0.785. The molecule has 1 amide bonds. The lowest BCUT2D eigenvalue weighted by Gasteiger charge is -2.05. The number of hydrogen-bond donors (Lipinski definition) is 1. The Morgan fingerprint density at radius 2 is 2.12 bits per heavy atom. The summed E-state index contributed by atoms with van der Waals surface area (Å²) in [7, 11) is 0. The zero-order chi connectivity index (χ0) is 17.5. The Labute approximate surface area is 145 Å². The SMILES string of the molecule is CCOc1ccc2nc(NC(=O)COC(=O)CCC(C)C)sc2c1. The smallest absolute Gasteiger partial charge is 0.306 e. The summed E-state index contributed by atoms with van der Waals surface area (Å²) in [5.74, 6) is 0.447. The van der Waals surface area contributed by atoms with Gasteiger partial charge in [0.05, 0.1) is 16.8 Å². The molecule has 130 valence electrons. The molecule has 0 aliphatic heterocycles. The first-order chi connectivity index (χ1) is 11.5. The fourth-order valence-corrected chi connectivity index (χ4v) is 2.91. The number of hydrogen-bond acceptors (Lipinski definition) is 6. The van der Waals surface area contributed by atoms with Crippen LogP contribution in [0.4, 0.5) is 5.13 Å². The Balaban J connectivity index is 1.87. The maximum Gasteiger partial charge on any atom is 0.306 e. The second kappa shape index (κ2) is 8.63. The van der Waals surface area contributed by atoms with Crippen LogP contribution in [0.2, 0.25) is 0 Å². The van der Waals surface area contributed by atoms with Crippen molar-refractivity contribution < 1.29 is 19.1 Å². The first-order valence-corrected chi connectivity index (χ1v) is 8.78. The number of fused-ring (bicyclic) bond motifs is 1. The van der Waals surface area contributed by atoms with E-state index in [1.165, 1.54) is 11.3 Å². The molecule has 0 radical (unpaired) electrons. The molecule has 1 aromatic heterocycles. The number of ether oxygens (including phenoxy) is 2. The van der Waals surface area contributed by atoms with Gasteiger partial charge in [0.25, 0.3) is 5.91 Å². The Kier molecular flexibility index (Phi) is 6.54. The van der Waals surface area contributed by atoms with Crippen LogP contribution in [0.1, 0.15) is 33.6 Å². The van der Waals surface area contributed by atoms with Gasteiger partial charge in [-0.05, 0) is 37.5 Å². The quantitative estimate of drug-likeness (QED) is 0.736. The molecule has 1 heterocycles. The number of nitrogens with one attached hydrogen (secondary N) is 1. The topological polar surface area (TPSA) is 77.5 Å². The normalized spacial score (nSPS) is 10.8. The average molecular weight is 350 g/mol. The highest BCUT2D eigenvalue weighted by molar-refractivity contribution is 7.22. The molecule has 0 bridgehead atoms. The first kappa shape index (κ1) is 18.2. The molecule has 0 atom stereocenters. The van der Waals surface area contributed by atoms with E-state index in [1.807, 2.05) is 39.0 Å². The van der Waals surface area contributed by atoms with E-state index in [9.17, 15) is 9.59 Å². The number of amides is 1. The third-order valence-corrected chi connectivity index (χ3v) is 4.14. The zero-order valence-electron chi connectivity index (χ0n) is 14.1. The van der Waals surface area contributed by atoms with Crippen molar-refractivity contribution in [1.82, 2.24) is 4.98 Å². The third-order valence-electron chi connectivity index (χ3n) is 3.21. The van der Waals surface area contributed by atoms with E-state index in [-0.39, 0.29) is 12.6 Å². The predicted octanol–water partition coefficient (Wildman–Crippen LogP) is 3.61. The van der Waals surface area contributed by atoms with E-state index in [4.69, 9.17) is 9.47 Å². The van der Waals surface area contributed by atoms with Crippen LogP contribution in [0.25, 0.3) is 10.2 Å². The Bertz CT molecular complexity index is 712. The van der Waals surface area contributed by atoms with Gasteiger partial charge in [-0.15, -0.1) is 0 Å².